The van der Waals surface area contributed by atoms with E-state index >= 15 is 0 Å². The quantitative estimate of drug-likeness (QED) is 0.105. The lowest BCUT2D eigenvalue weighted by molar-refractivity contribution is -0.116. The van der Waals surface area contributed by atoms with Crippen molar-refractivity contribution in [2.24, 2.45) is 0 Å². The topological polar surface area (TPSA) is 133 Å². The zero-order chi connectivity index (χ0) is 41.7. The number of nitrogens with one attached hydrogen (secondary N) is 2. The molecule has 0 spiro atoms. The molecule has 5 aromatic carbocycles. The molecule has 0 fully saturated rings. The Morgan fingerprint density at radius 2 is 1.52 bits per heavy atom. The highest BCUT2D eigenvalue weighted by Gasteiger charge is 2.37. The van der Waals surface area contributed by atoms with Crippen LogP contribution in [0.15, 0.2) is 95.8 Å². The van der Waals surface area contributed by atoms with Crippen molar-refractivity contribution in [1.82, 2.24) is 9.55 Å². The number of carbonyl (C=O) groups is 2. The van der Waals surface area contributed by atoms with Gasteiger partial charge in [0.15, 0.2) is 23.0 Å². The summed E-state index contributed by atoms with van der Waals surface area (Å²) in [6, 6.07) is 28.4. The van der Waals surface area contributed by atoms with Crippen LogP contribution in [0, 0.1) is 0 Å². The Kier molecular flexibility index (Phi) is 10.2. The van der Waals surface area contributed by atoms with E-state index in [1.807, 2.05) is 85.5 Å². The second-order valence-electron chi connectivity index (χ2n) is 16.1. The molecule has 12 nitrogen and oxygen atoms in total. The van der Waals surface area contributed by atoms with Gasteiger partial charge < -0.3 is 34.5 Å². The van der Waals surface area contributed by atoms with Crippen LogP contribution >= 0.6 is 12.6 Å². The summed E-state index contributed by atoms with van der Waals surface area (Å²) < 4.78 is 25.6. The predicted octanol–water partition coefficient (Wildman–Crippen LogP) is 7.89. The van der Waals surface area contributed by atoms with E-state index in [4.69, 9.17) is 23.9 Å². The van der Waals surface area contributed by atoms with Gasteiger partial charge in [0.05, 0.1) is 48.1 Å². The molecule has 306 valence electrons. The molecule has 2 amide bonds. The number of ether oxygens (including phenoxy) is 4. The van der Waals surface area contributed by atoms with Gasteiger partial charge in [-0.25, -0.2) is 4.98 Å². The number of para-hydroxylation sites is 2. The summed E-state index contributed by atoms with van der Waals surface area (Å²) >= 11 is 4.59. The van der Waals surface area contributed by atoms with Crippen LogP contribution in [-0.4, -0.2) is 52.9 Å². The van der Waals surface area contributed by atoms with Crippen LogP contribution in [-0.2, 0) is 30.8 Å². The Bertz CT molecular complexity index is 2760. The first-order chi connectivity index (χ1) is 29.0. The number of rotatable bonds is 12. The third kappa shape index (κ3) is 7.49. The van der Waals surface area contributed by atoms with Gasteiger partial charge in [0.1, 0.15) is 19.0 Å². The van der Waals surface area contributed by atoms with Gasteiger partial charge in [-0.3, -0.25) is 19.0 Å². The van der Waals surface area contributed by atoms with Crippen molar-refractivity contribution < 1.29 is 28.5 Å². The minimum atomic E-state index is -0.303. The zero-order valence-corrected chi connectivity index (χ0v) is 34.7. The van der Waals surface area contributed by atoms with Crippen molar-refractivity contribution in [3.63, 3.8) is 0 Å². The molecule has 0 bridgehead atoms. The molecule has 1 aromatic heterocycles. The fraction of sp³-hybridized carbons (Fsp3) is 0.277. The van der Waals surface area contributed by atoms with Gasteiger partial charge in [0, 0.05) is 47.6 Å². The lowest BCUT2D eigenvalue weighted by Gasteiger charge is -2.22. The summed E-state index contributed by atoms with van der Waals surface area (Å²) in [5, 5.41) is 6.95. The molecule has 0 unspecified atom stereocenters. The Hall–Kier alpha value is -6.47. The summed E-state index contributed by atoms with van der Waals surface area (Å²) in [4.78, 5) is 47.6. The van der Waals surface area contributed by atoms with Crippen molar-refractivity contribution in [3.05, 3.63) is 135 Å². The van der Waals surface area contributed by atoms with E-state index in [0.29, 0.717) is 82.5 Å². The van der Waals surface area contributed by atoms with Crippen molar-refractivity contribution in [2.45, 2.75) is 63.5 Å². The molecule has 13 heteroatoms. The van der Waals surface area contributed by atoms with Crippen molar-refractivity contribution in [3.8, 4) is 28.7 Å². The molecule has 60 heavy (non-hydrogen) atoms. The number of anilines is 3. The first kappa shape index (κ1) is 39.0. The Morgan fingerprint density at radius 1 is 0.850 bits per heavy atom. The van der Waals surface area contributed by atoms with Crippen molar-refractivity contribution in [1.29, 1.82) is 0 Å². The third-order valence-electron chi connectivity index (χ3n) is 11.2. The Balaban J connectivity index is 0.985. The number of thiol groups is 1. The number of carbonyl (C=O) groups excluding carboxylic acids is 2. The molecule has 0 saturated heterocycles. The molecule has 4 heterocycles. The number of aromatic nitrogens is 2. The normalized spacial score (nSPS) is 14.9. The monoisotopic (exact) mass is 823 g/mol. The highest BCUT2D eigenvalue weighted by molar-refractivity contribution is 7.81. The Morgan fingerprint density at radius 3 is 2.23 bits per heavy atom. The smallest absolute Gasteiger partial charge is 0.266 e. The first-order valence-electron chi connectivity index (χ1n) is 20.0. The maximum Gasteiger partial charge on any atom is 0.266 e. The number of hydrogen-bond acceptors (Lipinski definition) is 10. The van der Waals surface area contributed by atoms with Gasteiger partial charge in [-0.15, -0.1) is 0 Å². The molecular weight excluding hydrogens is 779 g/mol. The average Bonchev–Trinajstić information content (AvgIpc) is 3.77. The van der Waals surface area contributed by atoms with Crippen LogP contribution in [0.1, 0.15) is 65.1 Å². The van der Waals surface area contributed by atoms with Gasteiger partial charge in [-0.1, -0.05) is 50.2 Å². The van der Waals surface area contributed by atoms with Crippen LogP contribution in [0.2, 0.25) is 0 Å². The lowest BCUT2D eigenvalue weighted by Crippen LogP contribution is -2.39. The molecule has 6 aromatic rings. The van der Waals surface area contributed by atoms with E-state index < -0.39 is 0 Å². The maximum atomic E-state index is 14.0. The van der Waals surface area contributed by atoms with E-state index in [-0.39, 0.29) is 41.4 Å². The Labute approximate surface area is 352 Å². The molecule has 9 rings (SSSR count). The molecule has 0 radical (unpaired) electrons. The van der Waals surface area contributed by atoms with Gasteiger partial charge in [-0.2, -0.15) is 12.6 Å². The fourth-order valence-corrected chi connectivity index (χ4v) is 8.42. The van der Waals surface area contributed by atoms with Crippen molar-refractivity contribution >= 4 is 52.4 Å². The van der Waals surface area contributed by atoms with E-state index in [0.717, 1.165) is 40.0 Å². The largest absolute Gasteiger partial charge is 0.493 e. The fourth-order valence-electron chi connectivity index (χ4n) is 8.31. The number of amides is 2. The standard InChI is InChI=1S/C47H45N5O7S/c1-47(2,60)14-13-44(53)49-31-16-27(25-58-41-22-35-33(20-39(41)56-3)45(54)51-32(24-48-35)18-29-9-5-7-11-37(29)51)15-28(17-31)26-59-42-23-36-34(21-40(42)57-4)46(55)52-38-12-8-6-10-30(38)19-43(52)50-36/h5-12,15-17,20-23,32,48,60H,13-14,18-19,24-26H2,1-4H3,(H,49,53)/t32-/m0/s1. The van der Waals surface area contributed by atoms with Gasteiger partial charge in [0.25, 0.3) is 11.5 Å². The summed E-state index contributed by atoms with van der Waals surface area (Å²) in [5.74, 6) is 2.12. The second-order valence-corrected chi connectivity index (χ2v) is 17.3. The van der Waals surface area contributed by atoms with E-state index in [9.17, 15) is 14.4 Å². The third-order valence-corrected chi connectivity index (χ3v) is 11.5. The second kappa shape index (κ2) is 15.6. The first-order valence-corrected chi connectivity index (χ1v) is 20.4. The van der Waals surface area contributed by atoms with Crippen LogP contribution in [0.3, 0.4) is 0 Å². The average molecular weight is 824 g/mol. The lowest BCUT2D eigenvalue weighted by atomic mass is 10.1. The van der Waals surface area contributed by atoms with Crippen LogP contribution < -0.4 is 40.0 Å². The SMILES string of the molecule is COc1cc2c(cc1OCc1cc(COc3cc4nc5n(c(=O)c4cc3OC)-c3ccccc3C5)cc(NC(=O)CCC(C)(C)S)c1)NC[C@@H]1Cc3ccccc3N1C2=O. The van der Waals surface area contributed by atoms with Crippen LogP contribution in [0.25, 0.3) is 16.6 Å². The minimum absolute atomic E-state index is 0.0114. The summed E-state index contributed by atoms with van der Waals surface area (Å²) in [7, 11) is 3.08. The highest BCUT2D eigenvalue weighted by atomic mass is 32.1. The van der Waals surface area contributed by atoms with Crippen LogP contribution in [0.4, 0.5) is 17.1 Å². The highest BCUT2D eigenvalue weighted by Crippen LogP contribution is 2.41. The molecule has 1 atom stereocenters. The molecule has 3 aliphatic heterocycles. The molecule has 3 aliphatic rings. The van der Waals surface area contributed by atoms with Gasteiger partial charge in [-0.05, 0) is 77.6 Å². The number of nitrogens with zero attached hydrogens (tertiary/aromatic N) is 3. The summed E-state index contributed by atoms with van der Waals surface area (Å²) in [6.45, 7) is 4.75. The van der Waals surface area contributed by atoms with E-state index in [1.54, 1.807) is 29.9 Å². The maximum absolute atomic E-state index is 14.0. The van der Waals surface area contributed by atoms with Crippen LogP contribution in [0.5, 0.6) is 23.0 Å². The minimum Gasteiger partial charge on any atom is -0.493 e. The van der Waals surface area contributed by atoms with Gasteiger partial charge in [0.2, 0.25) is 5.91 Å². The van der Waals surface area contributed by atoms with Gasteiger partial charge >= 0.3 is 0 Å². The number of methoxy groups -OCH3 is 2. The zero-order valence-electron chi connectivity index (χ0n) is 33.8. The molecule has 0 aliphatic carbocycles. The molecule has 2 N–H and O–H groups in total. The number of hydrogen-bond donors (Lipinski definition) is 3. The summed E-state index contributed by atoms with van der Waals surface area (Å²) in [6.07, 6.45) is 2.21. The number of benzene rings is 5. The number of fused-ring (bicyclic) bond motifs is 8. The predicted molar refractivity (Wildman–Crippen MR) is 235 cm³/mol. The van der Waals surface area contributed by atoms with Crippen molar-refractivity contribution in [2.75, 3.05) is 36.3 Å². The van der Waals surface area contributed by atoms with E-state index in [2.05, 4.69) is 29.3 Å². The summed E-state index contributed by atoms with van der Waals surface area (Å²) in [5.41, 5.74) is 7.57. The molecular formula is C47H45N5O7S. The molecule has 0 saturated carbocycles. The van der Waals surface area contributed by atoms with E-state index in [1.165, 1.54) is 7.11 Å².